The van der Waals surface area contributed by atoms with Crippen molar-refractivity contribution in [2.24, 2.45) is 4.40 Å². The van der Waals surface area contributed by atoms with Crippen LogP contribution in [0.15, 0.2) is 41.2 Å². The molecule has 3 N–H and O–H groups in total. The van der Waals surface area contributed by atoms with Crippen molar-refractivity contribution in [1.82, 2.24) is 30.1 Å². The summed E-state index contributed by atoms with van der Waals surface area (Å²) in [7, 11) is -1.61. The maximum absolute atomic E-state index is 13.0. The standard InChI is InChI=1S/C28H39N9O3S/c1-5-41(39,40)34-28(33-23-8-6-7-21(15-23)27(38)32-22-9-11-35(4)12-10-22)37-14-13-36(17-20(37)3)26-24-19(2)16-29-25(24)30-18-31-26/h6-8,15-16,18,20,22H,5,9-14,17H2,1-4H3,(H,32,38)(H,33,34)(H,29,30,31)/t20-/m0/s1. The van der Waals surface area contributed by atoms with Crippen LogP contribution in [-0.4, -0.2) is 103 Å². The number of anilines is 2. The molecule has 0 aliphatic carbocycles. The van der Waals surface area contributed by atoms with Gasteiger partial charge in [-0.1, -0.05) is 6.07 Å². The molecule has 2 aliphatic rings. The van der Waals surface area contributed by atoms with Crippen molar-refractivity contribution in [3.8, 4) is 0 Å². The first-order valence-electron chi connectivity index (χ1n) is 14.1. The molecule has 220 valence electrons. The predicted octanol–water partition coefficient (Wildman–Crippen LogP) is 2.42. The summed E-state index contributed by atoms with van der Waals surface area (Å²) in [6.45, 7) is 9.30. The van der Waals surface area contributed by atoms with Gasteiger partial charge in [0.25, 0.3) is 15.9 Å². The smallest absolute Gasteiger partial charge is 0.256 e. The molecular formula is C28H39N9O3S. The molecule has 0 radical (unpaired) electrons. The highest BCUT2D eigenvalue weighted by Gasteiger charge is 2.30. The number of sulfonamides is 1. The number of aromatic amines is 1. The van der Waals surface area contributed by atoms with Gasteiger partial charge in [-0.05, 0) is 77.5 Å². The van der Waals surface area contributed by atoms with Gasteiger partial charge in [0.1, 0.15) is 17.8 Å². The van der Waals surface area contributed by atoms with E-state index in [-0.39, 0.29) is 29.7 Å². The average Bonchev–Trinajstić information content (AvgIpc) is 3.34. The molecule has 2 aliphatic heterocycles. The Morgan fingerprint density at radius 1 is 1.17 bits per heavy atom. The second kappa shape index (κ2) is 12.0. The number of carbonyl (C=O) groups excluding carboxylic acids is 1. The quantitative estimate of drug-likeness (QED) is 0.296. The Bertz CT molecular complexity index is 1530. The fraction of sp³-hybridized carbons (Fsp3) is 0.500. The largest absolute Gasteiger partial charge is 0.352 e. The van der Waals surface area contributed by atoms with Crippen molar-refractivity contribution in [1.29, 1.82) is 0 Å². The van der Waals surface area contributed by atoms with Crippen molar-refractivity contribution in [3.63, 3.8) is 0 Å². The molecule has 0 spiro atoms. The summed E-state index contributed by atoms with van der Waals surface area (Å²) in [5, 5.41) is 7.36. The van der Waals surface area contributed by atoms with Gasteiger partial charge in [0.2, 0.25) is 5.96 Å². The molecule has 41 heavy (non-hydrogen) atoms. The van der Waals surface area contributed by atoms with E-state index in [0.29, 0.717) is 30.9 Å². The van der Waals surface area contributed by atoms with Crippen LogP contribution in [0.1, 0.15) is 42.6 Å². The Balaban J connectivity index is 1.34. The first-order valence-corrected chi connectivity index (χ1v) is 15.7. The molecule has 3 aromatic rings. The molecule has 5 rings (SSSR count). The fourth-order valence-corrected chi connectivity index (χ4v) is 5.98. The molecule has 1 atom stereocenters. The molecular weight excluding hydrogens is 542 g/mol. The monoisotopic (exact) mass is 581 g/mol. The number of hydrogen-bond acceptors (Lipinski definition) is 7. The number of piperidine rings is 1. The minimum atomic E-state index is -3.69. The maximum Gasteiger partial charge on any atom is 0.256 e. The van der Waals surface area contributed by atoms with Crippen molar-refractivity contribution >= 4 is 44.4 Å². The van der Waals surface area contributed by atoms with Crippen molar-refractivity contribution in [2.75, 3.05) is 55.7 Å². The van der Waals surface area contributed by atoms with Crippen LogP contribution >= 0.6 is 0 Å². The number of nitrogens with zero attached hydrogens (tertiary/aromatic N) is 6. The van der Waals surface area contributed by atoms with E-state index < -0.39 is 10.0 Å². The number of aryl methyl sites for hydroxylation is 1. The Morgan fingerprint density at radius 2 is 1.95 bits per heavy atom. The zero-order valence-corrected chi connectivity index (χ0v) is 24.9. The summed E-state index contributed by atoms with van der Waals surface area (Å²) < 4.78 is 29.5. The number of nitrogens with one attached hydrogen (secondary N) is 3. The van der Waals surface area contributed by atoms with E-state index in [0.717, 1.165) is 48.3 Å². The molecule has 2 saturated heterocycles. The predicted molar refractivity (Wildman–Crippen MR) is 162 cm³/mol. The highest BCUT2D eigenvalue weighted by molar-refractivity contribution is 7.90. The summed E-state index contributed by atoms with van der Waals surface area (Å²) >= 11 is 0. The van der Waals surface area contributed by atoms with Gasteiger partial charge in [0.05, 0.1) is 11.1 Å². The van der Waals surface area contributed by atoms with E-state index in [1.165, 1.54) is 0 Å². The molecule has 2 fully saturated rings. The number of H-pyrrole nitrogens is 1. The van der Waals surface area contributed by atoms with Crippen LogP contribution in [0, 0.1) is 6.92 Å². The minimum absolute atomic E-state index is 0.0813. The number of benzene rings is 1. The van der Waals surface area contributed by atoms with Gasteiger partial charge in [-0.25, -0.2) is 18.4 Å². The van der Waals surface area contributed by atoms with Crippen molar-refractivity contribution in [3.05, 3.63) is 47.9 Å². The van der Waals surface area contributed by atoms with Gasteiger partial charge in [-0.2, -0.15) is 0 Å². The number of piperazine rings is 1. The molecule has 0 unspecified atom stereocenters. The van der Waals surface area contributed by atoms with E-state index in [1.807, 2.05) is 31.0 Å². The molecule has 0 saturated carbocycles. The first-order chi connectivity index (χ1) is 19.6. The summed E-state index contributed by atoms with van der Waals surface area (Å²) in [5.41, 5.74) is 2.98. The second-order valence-electron chi connectivity index (χ2n) is 10.9. The van der Waals surface area contributed by atoms with E-state index in [9.17, 15) is 13.2 Å². The summed E-state index contributed by atoms with van der Waals surface area (Å²) in [6, 6.07) is 7.17. The zero-order valence-electron chi connectivity index (χ0n) is 24.1. The second-order valence-corrected chi connectivity index (χ2v) is 12.8. The van der Waals surface area contributed by atoms with E-state index in [1.54, 1.807) is 31.5 Å². The first kappa shape index (κ1) is 28.8. The third kappa shape index (κ3) is 6.62. The summed E-state index contributed by atoms with van der Waals surface area (Å²) in [5.74, 6) is 0.854. The normalized spacial score (nSPS) is 19.5. The number of rotatable bonds is 6. The van der Waals surface area contributed by atoms with E-state index in [2.05, 4.69) is 46.8 Å². The third-order valence-corrected chi connectivity index (χ3v) is 9.05. The number of aromatic nitrogens is 3. The lowest BCUT2D eigenvalue weighted by Crippen LogP contribution is -2.56. The minimum Gasteiger partial charge on any atom is -0.352 e. The average molecular weight is 582 g/mol. The van der Waals surface area contributed by atoms with Gasteiger partial charge in [-0.3, -0.25) is 4.79 Å². The van der Waals surface area contributed by atoms with Gasteiger partial charge in [0.15, 0.2) is 0 Å². The number of guanidine groups is 1. The van der Waals surface area contributed by atoms with Gasteiger partial charge in [-0.15, -0.1) is 4.40 Å². The van der Waals surface area contributed by atoms with E-state index >= 15 is 0 Å². The molecule has 1 aromatic carbocycles. The van der Waals surface area contributed by atoms with Crippen LogP contribution < -0.4 is 15.5 Å². The number of carbonyl (C=O) groups is 1. The fourth-order valence-electron chi connectivity index (χ4n) is 5.43. The molecule has 2 aromatic heterocycles. The Morgan fingerprint density at radius 3 is 2.68 bits per heavy atom. The highest BCUT2D eigenvalue weighted by atomic mass is 32.2. The van der Waals surface area contributed by atoms with Crippen LogP contribution in [-0.2, 0) is 10.0 Å². The SMILES string of the molecule is CCS(=O)(=O)/N=C(\Nc1cccc(C(=O)NC2CCN(C)CC2)c1)N1CCN(c2ncnc3[nH]cc(C)c23)C[C@@H]1C. The Hall–Kier alpha value is -3.71. The van der Waals surface area contributed by atoms with E-state index in [4.69, 9.17) is 0 Å². The molecule has 1 amide bonds. The number of likely N-dealkylation sites (tertiary alicyclic amines) is 1. The van der Waals surface area contributed by atoms with Crippen molar-refractivity contribution < 1.29 is 13.2 Å². The lowest BCUT2D eigenvalue weighted by Gasteiger charge is -2.42. The number of hydrogen-bond donors (Lipinski definition) is 3. The maximum atomic E-state index is 13.0. The lowest BCUT2D eigenvalue weighted by atomic mass is 10.0. The Kier molecular flexibility index (Phi) is 8.45. The number of fused-ring (bicyclic) bond motifs is 1. The molecule has 0 bridgehead atoms. The van der Waals surface area contributed by atoms with Crippen LogP contribution in [0.4, 0.5) is 11.5 Å². The van der Waals surface area contributed by atoms with Crippen LogP contribution in [0.5, 0.6) is 0 Å². The van der Waals surface area contributed by atoms with Crippen molar-refractivity contribution in [2.45, 2.75) is 45.7 Å². The molecule has 12 nitrogen and oxygen atoms in total. The zero-order chi connectivity index (χ0) is 29.1. The number of amides is 1. The molecule has 4 heterocycles. The van der Waals surface area contributed by atoms with Crippen LogP contribution in [0.25, 0.3) is 11.0 Å². The topological polar surface area (TPSA) is 139 Å². The van der Waals surface area contributed by atoms with Crippen LogP contribution in [0.2, 0.25) is 0 Å². The van der Waals surface area contributed by atoms with Gasteiger partial charge < -0.3 is 30.3 Å². The Labute approximate surface area is 241 Å². The highest BCUT2D eigenvalue weighted by Crippen LogP contribution is 2.28. The summed E-state index contributed by atoms with van der Waals surface area (Å²) in [4.78, 5) is 31.6. The third-order valence-electron chi connectivity index (χ3n) is 7.87. The van der Waals surface area contributed by atoms with Crippen LogP contribution in [0.3, 0.4) is 0 Å². The summed E-state index contributed by atoms with van der Waals surface area (Å²) in [6.07, 6.45) is 5.32. The lowest BCUT2D eigenvalue weighted by molar-refractivity contribution is 0.0917. The van der Waals surface area contributed by atoms with Gasteiger partial charge >= 0.3 is 0 Å². The van der Waals surface area contributed by atoms with Gasteiger partial charge in [0, 0.05) is 49.2 Å². The molecule has 13 heteroatoms.